The number of hydrogen-bond donors (Lipinski definition) is 2. The molecule has 1 fully saturated rings. The Hall–Kier alpha value is -1.39. The van der Waals surface area contributed by atoms with Crippen molar-refractivity contribution in [3.63, 3.8) is 0 Å². The average Bonchev–Trinajstić information content (AvgIpc) is 3.25. The number of aliphatic hydroxyl groups is 1. The van der Waals surface area contributed by atoms with Crippen LogP contribution in [0.4, 0.5) is 0 Å². The van der Waals surface area contributed by atoms with Crippen molar-refractivity contribution in [2.24, 2.45) is 5.92 Å². The van der Waals surface area contributed by atoms with Crippen LogP contribution in [-0.4, -0.2) is 23.2 Å². The number of carbonyl (C=O) groups is 1. The van der Waals surface area contributed by atoms with E-state index in [1.165, 1.54) is 11.3 Å². The van der Waals surface area contributed by atoms with Crippen LogP contribution >= 0.6 is 11.3 Å². The molecule has 1 atom stereocenters. The van der Waals surface area contributed by atoms with Gasteiger partial charge in [-0.05, 0) is 49.6 Å². The number of fused-ring (bicyclic) bond motifs is 1. The van der Waals surface area contributed by atoms with Crippen LogP contribution in [0.15, 0.2) is 24.3 Å². The molecule has 0 bridgehead atoms. The molecule has 0 radical (unpaired) electrons. The lowest BCUT2D eigenvalue weighted by Crippen LogP contribution is -2.50. The predicted molar refractivity (Wildman–Crippen MR) is 82.2 cm³/mol. The largest absolute Gasteiger partial charge is 0.394 e. The maximum absolute atomic E-state index is 12.5. The molecule has 3 nitrogen and oxygen atoms in total. The predicted octanol–water partition coefficient (Wildman–Crippen LogP) is 3.10. The molecule has 2 aromatic rings. The molecule has 106 valence electrons. The van der Waals surface area contributed by atoms with Gasteiger partial charge in [0.2, 0.25) is 0 Å². The number of aryl methyl sites for hydroxylation is 1. The summed E-state index contributed by atoms with van der Waals surface area (Å²) in [7, 11) is 0. The Morgan fingerprint density at radius 3 is 2.75 bits per heavy atom. The van der Waals surface area contributed by atoms with Gasteiger partial charge in [0.1, 0.15) is 0 Å². The van der Waals surface area contributed by atoms with Gasteiger partial charge < -0.3 is 10.4 Å². The van der Waals surface area contributed by atoms with E-state index in [2.05, 4.69) is 5.32 Å². The molecule has 0 spiro atoms. The molecular formula is C16H19NO2S. The van der Waals surface area contributed by atoms with Gasteiger partial charge in [-0.2, -0.15) is 0 Å². The zero-order chi connectivity index (χ0) is 14.3. The molecule has 1 amide bonds. The monoisotopic (exact) mass is 289 g/mol. The van der Waals surface area contributed by atoms with E-state index in [4.69, 9.17) is 0 Å². The first-order chi connectivity index (χ1) is 9.55. The average molecular weight is 289 g/mol. The van der Waals surface area contributed by atoms with Crippen LogP contribution in [0.5, 0.6) is 0 Å². The van der Waals surface area contributed by atoms with Gasteiger partial charge in [-0.1, -0.05) is 18.2 Å². The highest BCUT2D eigenvalue weighted by atomic mass is 32.1. The van der Waals surface area contributed by atoms with E-state index in [1.807, 2.05) is 38.1 Å². The van der Waals surface area contributed by atoms with E-state index in [-0.39, 0.29) is 12.5 Å². The number of rotatable bonds is 4. The Balaban J connectivity index is 1.90. The van der Waals surface area contributed by atoms with Gasteiger partial charge in [0.05, 0.1) is 17.0 Å². The maximum atomic E-state index is 12.5. The highest BCUT2D eigenvalue weighted by Crippen LogP contribution is 2.40. The van der Waals surface area contributed by atoms with Crippen molar-refractivity contribution in [1.29, 1.82) is 0 Å². The fraction of sp³-hybridized carbons (Fsp3) is 0.438. The zero-order valence-corrected chi connectivity index (χ0v) is 12.6. The summed E-state index contributed by atoms with van der Waals surface area (Å²) in [5, 5.41) is 13.8. The summed E-state index contributed by atoms with van der Waals surface area (Å²) in [6.45, 7) is 3.92. The molecule has 1 saturated carbocycles. The Morgan fingerprint density at radius 2 is 2.15 bits per heavy atom. The number of carbonyl (C=O) groups excluding carboxylic acids is 1. The smallest absolute Gasteiger partial charge is 0.262 e. The second kappa shape index (κ2) is 4.86. The van der Waals surface area contributed by atoms with Crippen LogP contribution < -0.4 is 5.32 Å². The fourth-order valence-corrected chi connectivity index (χ4v) is 3.80. The van der Waals surface area contributed by atoms with E-state index in [0.29, 0.717) is 5.92 Å². The highest BCUT2D eigenvalue weighted by molar-refractivity contribution is 7.21. The van der Waals surface area contributed by atoms with Gasteiger partial charge >= 0.3 is 0 Å². The van der Waals surface area contributed by atoms with Gasteiger partial charge in [0.25, 0.3) is 5.91 Å². The minimum atomic E-state index is -0.486. The summed E-state index contributed by atoms with van der Waals surface area (Å²) in [6.07, 6.45) is 2.17. The van der Waals surface area contributed by atoms with Crippen molar-refractivity contribution >= 4 is 27.3 Å². The van der Waals surface area contributed by atoms with Crippen molar-refractivity contribution in [2.75, 3.05) is 6.61 Å². The number of thiophene rings is 1. The van der Waals surface area contributed by atoms with Gasteiger partial charge in [-0.25, -0.2) is 0 Å². The summed E-state index contributed by atoms with van der Waals surface area (Å²) in [5.41, 5.74) is 0.541. The van der Waals surface area contributed by atoms with Crippen LogP contribution in [0.2, 0.25) is 0 Å². The van der Waals surface area contributed by atoms with Crippen LogP contribution in [-0.2, 0) is 0 Å². The molecule has 20 heavy (non-hydrogen) atoms. The number of aliphatic hydroxyl groups excluding tert-OH is 1. The lowest BCUT2D eigenvalue weighted by molar-refractivity contribution is 0.0828. The molecule has 3 rings (SSSR count). The minimum Gasteiger partial charge on any atom is -0.394 e. The summed E-state index contributed by atoms with van der Waals surface area (Å²) in [5.74, 6) is 0.346. The Morgan fingerprint density at radius 1 is 1.45 bits per heavy atom. The third-order valence-corrected chi connectivity index (χ3v) is 5.53. The third kappa shape index (κ3) is 2.23. The lowest BCUT2D eigenvalue weighted by atomic mass is 9.96. The normalized spacial score (nSPS) is 17.9. The molecule has 1 aromatic carbocycles. The number of amides is 1. The van der Waals surface area contributed by atoms with Crippen molar-refractivity contribution in [3.05, 3.63) is 34.7 Å². The van der Waals surface area contributed by atoms with Crippen LogP contribution in [0.25, 0.3) is 10.1 Å². The van der Waals surface area contributed by atoms with Gasteiger partial charge in [0, 0.05) is 4.70 Å². The molecule has 2 N–H and O–H groups in total. The Bertz CT molecular complexity index is 660. The van der Waals surface area contributed by atoms with Gasteiger partial charge in [-0.3, -0.25) is 4.79 Å². The van der Waals surface area contributed by atoms with E-state index >= 15 is 0 Å². The van der Waals surface area contributed by atoms with E-state index in [9.17, 15) is 9.90 Å². The summed E-state index contributed by atoms with van der Waals surface area (Å²) in [6, 6.07) is 8.06. The topological polar surface area (TPSA) is 49.3 Å². The Labute approximate surface area is 122 Å². The first-order valence-corrected chi connectivity index (χ1v) is 7.78. The molecule has 1 aliphatic rings. The third-order valence-electron chi connectivity index (χ3n) is 4.26. The van der Waals surface area contributed by atoms with Crippen LogP contribution in [0, 0.1) is 12.8 Å². The van der Waals surface area contributed by atoms with Crippen LogP contribution in [0.1, 0.15) is 35.0 Å². The quantitative estimate of drug-likeness (QED) is 0.908. The summed E-state index contributed by atoms with van der Waals surface area (Å²) >= 11 is 1.52. The van der Waals surface area contributed by atoms with E-state index < -0.39 is 5.54 Å². The standard InChI is InChI=1S/C16H19NO2S/c1-10-12-5-3-4-6-13(12)20-14(10)15(19)17-16(2,9-18)11-7-8-11/h3-6,11,18H,7-9H2,1-2H3,(H,17,19). The molecule has 1 unspecified atom stereocenters. The number of hydrogen-bond acceptors (Lipinski definition) is 3. The van der Waals surface area contributed by atoms with Crippen molar-refractivity contribution in [3.8, 4) is 0 Å². The molecule has 1 aliphatic carbocycles. The molecule has 0 saturated heterocycles. The molecule has 0 aliphatic heterocycles. The van der Waals surface area contributed by atoms with Crippen molar-refractivity contribution in [2.45, 2.75) is 32.2 Å². The highest BCUT2D eigenvalue weighted by Gasteiger charge is 2.42. The first kappa shape index (κ1) is 13.6. The fourth-order valence-electron chi connectivity index (χ4n) is 2.70. The van der Waals surface area contributed by atoms with Gasteiger partial charge in [-0.15, -0.1) is 11.3 Å². The molecular weight excluding hydrogens is 270 g/mol. The summed E-state index contributed by atoms with van der Waals surface area (Å²) in [4.78, 5) is 13.3. The zero-order valence-electron chi connectivity index (χ0n) is 11.8. The Kier molecular flexibility index (Phi) is 3.30. The van der Waals surface area contributed by atoms with Crippen LogP contribution in [0.3, 0.4) is 0 Å². The number of benzene rings is 1. The van der Waals surface area contributed by atoms with E-state index in [1.54, 1.807) is 0 Å². The molecule has 1 heterocycles. The minimum absolute atomic E-state index is 0.00660. The summed E-state index contributed by atoms with van der Waals surface area (Å²) < 4.78 is 1.13. The maximum Gasteiger partial charge on any atom is 0.262 e. The van der Waals surface area contributed by atoms with Gasteiger partial charge in [0.15, 0.2) is 0 Å². The van der Waals surface area contributed by atoms with Crippen molar-refractivity contribution in [1.82, 2.24) is 5.32 Å². The SMILES string of the molecule is Cc1c(C(=O)NC(C)(CO)C2CC2)sc2ccccc12. The van der Waals surface area contributed by atoms with E-state index in [0.717, 1.165) is 33.4 Å². The van der Waals surface area contributed by atoms with Crippen molar-refractivity contribution < 1.29 is 9.90 Å². The molecule has 1 aromatic heterocycles. The molecule has 4 heteroatoms. The first-order valence-electron chi connectivity index (χ1n) is 6.96. The second-order valence-electron chi connectivity index (χ2n) is 5.86. The second-order valence-corrected chi connectivity index (χ2v) is 6.91. The number of nitrogens with one attached hydrogen (secondary N) is 1. The lowest BCUT2D eigenvalue weighted by Gasteiger charge is -2.28.